The molecule has 3 saturated heterocycles. The van der Waals surface area contributed by atoms with Crippen LogP contribution in [0.4, 0.5) is 37.6 Å². The highest BCUT2D eigenvalue weighted by molar-refractivity contribution is 9.10. The number of nitrogens with one attached hydrogen (secondary N) is 3. The number of benzene rings is 3. The van der Waals surface area contributed by atoms with E-state index in [-0.39, 0.29) is 18.4 Å². The summed E-state index contributed by atoms with van der Waals surface area (Å²) >= 11 is 3.62. The molecular formula is C49H58BrF2N8O4P. The largest absolute Gasteiger partial charge is 0.494 e. The summed E-state index contributed by atoms with van der Waals surface area (Å²) in [5, 5.41) is 10.6. The summed E-state index contributed by atoms with van der Waals surface area (Å²) in [6, 6.07) is 15.3. The number of aromatic nitrogens is 3. The van der Waals surface area contributed by atoms with Crippen molar-refractivity contribution in [3.63, 3.8) is 0 Å². The number of imide groups is 1. The zero-order valence-corrected chi connectivity index (χ0v) is 40.3. The van der Waals surface area contributed by atoms with E-state index in [1.807, 2.05) is 24.3 Å². The lowest BCUT2D eigenvalue weighted by atomic mass is 9.87. The first-order valence-corrected chi connectivity index (χ1v) is 26.2. The molecule has 3 fully saturated rings. The van der Waals surface area contributed by atoms with Crippen LogP contribution in [-0.4, -0.2) is 84.3 Å². The summed E-state index contributed by atoms with van der Waals surface area (Å²) in [6.07, 6.45) is 9.15. The molecule has 344 valence electrons. The molecule has 0 aliphatic carbocycles. The molecule has 3 aliphatic heterocycles. The number of nitrogens with zero attached hydrogens (tertiary/aromatic N) is 5. The molecule has 5 heterocycles. The van der Waals surface area contributed by atoms with E-state index in [0.29, 0.717) is 51.6 Å². The number of ether oxygens (including phenoxy) is 1. The number of piperidine rings is 3. The van der Waals surface area contributed by atoms with Gasteiger partial charge in [-0.25, -0.2) is 13.8 Å². The summed E-state index contributed by atoms with van der Waals surface area (Å²) in [4.78, 5) is 43.1. The fourth-order valence-corrected chi connectivity index (χ4v) is 11.6. The van der Waals surface area contributed by atoms with E-state index in [1.54, 1.807) is 26.6 Å². The number of anilines is 5. The van der Waals surface area contributed by atoms with Gasteiger partial charge in [0.15, 0.2) is 0 Å². The van der Waals surface area contributed by atoms with Crippen LogP contribution in [-0.2, 0) is 33.4 Å². The highest BCUT2D eigenvalue weighted by Gasteiger charge is 2.33. The summed E-state index contributed by atoms with van der Waals surface area (Å²) in [6.45, 7) is 11.7. The topological polar surface area (TPSA) is 142 Å². The summed E-state index contributed by atoms with van der Waals surface area (Å²) in [5.41, 5.74) is 5.97. The number of pyridine rings is 1. The lowest BCUT2D eigenvalue weighted by Gasteiger charge is -2.43. The van der Waals surface area contributed by atoms with Crippen molar-refractivity contribution >= 4 is 79.9 Å². The quantitative estimate of drug-likeness (QED) is 0.0724. The highest BCUT2D eigenvalue weighted by atomic mass is 79.9. The van der Waals surface area contributed by atoms with Gasteiger partial charge in [0, 0.05) is 65.5 Å². The van der Waals surface area contributed by atoms with E-state index in [0.717, 1.165) is 104 Å². The van der Waals surface area contributed by atoms with Crippen molar-refractivity contribution in [3.8, 4) is 5.75 Å². The van der Waals surface area contributed by atoms with Gasteiger partial charge in [0.05, 0.1) is 34.4 Å². The van der Waals surface area contributed by atoms with Gasteiger partial charge in [-0.05, 0) is 154 Å². The Morgan fingerprint density at radius 3 is 2.29 bits per heavy atom. The minimum atomic E-state index is -2.74. The third-order valence-corrected chi connectivity index (χ3v) is 15.5. The predicted octanol–water partition coefficient (Wildman–Crippen LogP) is 9.77. The van der Waals surface area contributed by atoms with Crippen molar-refractivity contribution in [3.05, 3.63) is 93.2 Å². The van der Waals surface area contributed by atoms with Crippen LogP contribution >= 0.6 is 23.1 Å². The fraction of sp³-hybridized carbons (Fsp3) is 0.449. The molecule has 12 nitrogen and oxygen atoms in total. The molecule has 16 heteroatoms. The number of halogens is 3. The molecule has 8 rings (SSSR count). The number of hydrogen-bond donors (Lipinski definition) is 3. The van der Waals surface area contributed by atoms with Crippen molar-refractivity contribution in [1.82, 2.24) is 25.2 Å². The number of likely N-dealkylation sites (tertiary alicyclic amines) is 1. The molecule has 2 aromatic heterocycles. The van der Waals surface area contributed by atoms with Crippen molar-refractivity contribution in [1.29, 1.82) is 0 Å². The normalized spacial score (nSPS) is 18.0. The summed E-state index contributed by atoms with van der Waals surface area (Å²) in [7, 11) is -1.07. The number of hydrogen-bond acceptors (Lipinski definition) is 11. The van der Waals surface area contributed by atoms with E-state index < -0.39 is 36.5 Å². The first-order chi connectivity index (χ1) is 31.2. The Balaban J connectivity index is 0.874. The number of methoxy groups -OCH3 is 1. The van der Waals surface area contributed by atoms with E-state index in [2.05, 4.69) is 72.6 Å². The highest BCUT2D eigenvalue weighted by Crippen LogP contribution is 2.43. The second kappa shape index (κ2) is 19.9. The SMILES string of the molecule is CCc1ccc2c(P(C)(C)=O)c(Nc3nc(Nc4cc(CC)c(N5CCC(N6CCC(CCc7cc(F)c(C8CCC(=O)NC8=O)c(F)c7)CC6)CC5)cc4OC)ncc3Br)ccc2n1. The van der Waals surface area contributed by atoms with Gasteiger partial charge in [-0.1, -0.05) is 19.9 Å². The Kier molecular flexibility index (Phi) is 14.2. The molecule has 3 aliphatic rings. The zero-order valence-electron chi connectivity index (χ0n) is 37.8. The van der Waals surface area contributed by atoms with E-state index in [1.165, 1.54) is 17.7 Å². The molecule has 0 radical (unpaired) electrons. The van der Waals surface area contributed by atoms with Gasteiger partial charge in [-0.2, -0.15) is 4.98 Å². The van der Waals surface area contributed by atoms with Crippen LogP contribution < -0.4 is 30.9 Å². The van der Waals surface area contributed by atoms with Gasteiger partial charge in [-0.3, -0.25) is 19.9 Å². The molecule has 0 saturated carbocycles. The van der Waals surface area contributed by atoms with Crippen molar-refractivity contribution in [2.75, 3.05) is 62.2 Å². The molecule has 3 aromatic carbocycles. The number of carbonyl (C=O) groups excluding carboxylic acids is 2. The van der Waals surface area contributed by atoms with Crippen LogP contribution in [0, 0.1) is 17.6 Å². The first kappa shape index (κ1) is 46.5. The van der Waals surface area contributed by atoms with Gasteiger partial charge >= 0.3 is 0 Å². The maximum absolute atomic E-state index is 15.1. The molecule has 0 bridgehead atoms. The molecule has 0 spiro atoms. The van der Waals surface area contributed by atoms with Gasteiger partial charge in [0.25, 0.3) is 0 Å². The minimum absolute atomic E-state index is 0.0711. The molecule has 3 N–H and O–H groups in total. The standard InChI is InChI=1S/C49H58BrF2N8O4P/c1-6-31-26-41(56-49-53-28-36(50)47(58-49)55-40-14-13-39-34(46(40)65(4,5)63)11-10-32(7-2)54-39)43(64-3)27-42(31)60-22-18-33(19-23-60)59-20-16-29(17-21-59)8-9-30-24-37(51)45(38(52)25-30)35-12-15-44(61)57-48(35)62/h10-11,13-14,24-29,33,35H,6-9,12,15-23H2,1-5H3,(H,57,61,62)(H2,53,55,56,58). The maximum atomic E-state index is 15.1. The van der Waals surface area contributed by atoms with Crippen LogP contribution in [0.15, 0.2) is 59.2 Å². The average molecular weight is 972 g/mol. The second-order valence-electron chi connectivity index (χ2n) is 17.9. The van der Waals surface area contributed by atoms with Crippen molar-refractivity contribution < 1.29 is 27.7 Å². The molecule has 65 heavy (non-hydrogen) atoms. The van der Waals surface area contributed by atoms with Crippen LogP contribution in [0.5, 0.6) is 5.75 Å². The monoisotopic (exact) mass is 970 g/mol. The summed E-state index contributed by atoms with van der Waals surface area (Å²) in [5.74, 6) is -1.39. The fourth-order valence-electron chi connectivity index (χ4n) is 9.86. The number of aryl methyl sites for hydroxylation is 3. The molecule has 1 unspecified atom stereocenters. The molecule has 1 atom stereocenters. The molecule has 5 aromatic rings. The third kappa shape index (κ3) is 10.4. The third-order valence-electron chi connectivity index (χ3n) is 13.4. The van der Waals surface area contributed by atoms with Gasteiger partial charge in [0.1, 0.15) is 30.3 Å². The van der Waals surface area contributed by atoms with Crippen LogP contribution in [0.25, 0.3) is 10.9 Å². The lowest BCUT2D eigenvalue weighted by molar-refractivity contribution is -0.134. The summed E-state index contributed by atoms with van der Waals surface area (Å²) < 4.78 is 50.6. The van der Waals surface area contributed by atoms with Crippen LogP contribution in [0.2, 0.25) is 0 Å². The zero-order chi connectivity index (χ0) is 46.0. The van der Waals surface area contributed by atoms with E-state index in [4.69, 9.17) is 14.7 Å². The Hall–Kier alpha value is -4.98. The van der Waals surface area contributed by atoms with Crippen molar-refractivity contribution in [2.24, 2.45) is 5.92 Å². The second-order valence-corrected chi connectivity index (χ2v) is 21.9. The maximum Gasteiger partial charge on any atom is 0.234 e. The Bertz CT molecular complexity index is 2620. The van der Waals surface area contributed by atoms with Crippen molar-refractivity contribution in [2.45, 2.75) is 90.0 Å². The van der Waals surface area contributed by atoms with Gasteiger partial charge in [0.2, 0.25) is 17.8 Å². The average Bonchev–Trinajstić information content (AvgIpc) is 3.29. The smallest absolute Gasteiger partial charge is 0.234 e. The minimum Gasteiger partial charge on any atom is -0.494 e. The van der Waals surface area contributed by atoms with Gasteiger partial charge in [-0.15, -0.1) is 0 Å². The molecular weight excluding hydrogens is 913 g/mol. The van der Waals surface area contributed by atoms with Crippen LogP contribution in [0.1, 0.15) is 87.1 Å². The Labute approximate surface area is 388 Å². The van der Waals surface area contributed by atoms with Crippen LogP contribution in [0.3, 0.4) is 0 Å². The number of amides is 2. The van der Waals surface area contributed by atoms with E-state index in [9.17, 15) is 14.2 Å². The number of fused-ring (bicyclic) bond motifs is 1. The predicted molar refractivity (Wildman–Crippen MR) is 258 cm³/mol. The Morgan fingerprint density at radius 1 is 0.892 bits per heavy atom. The lowest BCUT2D eigenvalue weighted by Crippen LogP contribution is -2.48. The Morgan fingerprint density at radius 2 is 1.63 bits per heavy atom. The molecule has 2 amide bonds. The first-order valence-electron chi connectivity index (χ1n) is 22.8. The van der Waals surface area contributed by atoms with Gasteiger partial charge < -0.3 is 29.7 Å². The number of carbonyl (C=O) groups is 2. The number of rotatable bonds is 14. The van der Waals surface area contributed by atoms with E-state index >= 15 is 8.78 Å².